The second-order valence-corrected chi connectivity index (χ2v) is 5.30. The molecule has 0 aromatic heterocycles. The van der Waals surface area contributed by atoms with Crippen molar-refractivity contribution in [2.75, 3.05) is 7.11 Å². The average molecular weight is 342 g/mol. The number of para-hydroxylation sites is 1. The topological polar surface area (TPSA) is 47.3 Å². The van der Waals surface area contributed by atoms with Gasteiger partial charge in [-0.05, 0) is 23.8 Å². The van der Waals surface area contributed by atoms with Crippen molar-refractivity contribution < 1.29 is 4.74 Å². The van der Waals surface area contributed by atoms with E-state index in [0.717, 1.165) is 21.3 Å². The Labute approximate surface area is 125 Å². The molecule has 5 heteroatoms. The maximum Gasteiger partial charge on any atom is 0.124 e. The number of rotatable bonds is 4. The zero-order valence-electron chi connectivity index (χ0n) is 10.4. The lowest BCUT2D eigenvalue weighted by atomic mass is 9.98. The molecule has 0 fully saturated rings. The van der Waals surface area contributed by atoms with Crippen molar-refractivity contribution in [2.45, 2.75) is 6.04 Å². The van der Waals surface area contributed by atoms with Gasteiger partial charge in [-0.2, -0.15) is 0 Å². The third-order valence-corrected chi connectivity index (χ3v) is 3.81. The van der Waals surface area contributed by atoms with E-state index in [0.29, 0.717) is 5.02 Å². The van der Waals surface area contributed by atoms with Gasteiger partial charge in [-0.15, -0.1) is 0 Å². The highest BCUT2D eigenvalue weighted by Gasteiger charge is 2.18. The van der Waals surface area contributed by atoms with Gasteiger partial charge in [0.1, 0.15) is 5.75 Å². The smallest absolute Gasteiger partial charge is 0.124 e. The number of benzene rings is 2. The molecule has 2 aromatic rings. The number of ether oxygens (including phenoxy) is 1. The maximum atomic E-state index is 5.96. The van der Waals surface area contributed by atoms with Crippen LogP contribution in [-0.4, -0.2) is 7.11 Å². The lowest BCUT2D eigenvalue weighted by Gasteiger charge is -2.20. The van der Waals surface area contributed by atoms with Crippen LogP contribution in [0.25, 0.3) is 0 Å². The van der Waals surface area contributed by atoms with E-state index in [4.69, 9.17) is 22.2 Å². The van der Waals surface area contributed by atoms with Crippen LogP contribution in [0.5, 0.6) is 5.75 Å². The highest BCUT2D eigenvalue weighted by molar-refractivity contribution is 9.10. The number of halogens is 2. The van der Waals surface area contributed by atoms with Gasteiger partial charge in [0.2, 0.25) is 0 Å². The molecule has 3 N–H and O–H groups in total. The Morgan fingerprint density at radius 1 is 1.21 bits per heavy atom. The zero-order valence-corrected chi connectivity index (χ0v) is 12.7. The van der Waals surface area contributed by atoms with E-state index in [1.54, 1.807) is 7.11 Å². The summed E-state index contributed by atoms with van der Waals surface area (Å²) >= 11 is 9.47. The summed E-state index contributed by atoms with van der Waals surface area (Å²) in [6, 6.07) is 13.2. The molecule has 0 saturated carbocycles. The number of methoxy groups -OCH3 is 1. The van der Waals surface area contributed by atoms with Gasteiger partial charge in [-0.1, -0.05) is 51.8 Å². The first kappa shape index (κ1) is 14.3. The summed E-state index contributed by atoms with van der Waals surface area (Å²) in [7, 11) is 1.64. The Morgan fingerprint density at radius 3 is 2.58 bits per heavy atom. The second-order valence-electron chi connectivity index (χ2n) is 4.01. The van der Waals surface area contributed by atoms with Crippen molar-refractivity contribution in [1.29, 1.82) is 0 Å². The standard InChI is InChI=1S/C14H14BrClN2O/c1-19-13-5-3-2-4-11(13)14(18-17)10-7-6-9(16)8-12(10)15/h2-8,14,18H,17H2,1H3. The first-order chi connectivity index (χ1) is 9.17. The Kier molecular flexibility index (Phi) is 4.82. The Morgan fingerprint density at radius 2 is 1.95 bits per heavy atom. The van der Waals surface area contributed by atoms with Crippen LogP contribution in [0, 0.1) is 0 Å². The van der Waals surface area contributed by atoms with E-state index >= 15 is 0 Å². The monoisotopic (exact) mass is 340 g/mol. The fourth-order valence-corrected chi connectivity index (χ4v) is 2.90. The van der Waals surface area contributed by atoms with Crippen LogP contribution in [0.15, 0.2) is 46.9 Å². The van der Waals surface area contributed by atoms with E-state index in [1.165, 1.54) is 0 Å². The van der Waals surface area contributed by atoms with Gasteiger partial charge < -0.3 is 4.74 Å². The summed E-state index contributed by atoms with van der Waals surface area (Å²) in [4.78, 5) is 0. The molecule has 0 heterocycles. The van der Waals surface area contributed by atoms with Gasteiger partial charge in [-0.3, -0.25) is 5.84 Å². The predicted octanol–water partition coefficient (Wildman–Crippen LogP) is 3.66. The maximum absolute atomic E-state index is 5.96. The highest BCUT2D eigenvalue weighted by atomic mass is 79.9. The number of hydrazine groups is 1. The minimum Gasteiger partial charge on any atom is -0.496 e. The van der Waals surface area contributed by atoms with Crippen LogP contribution in [0.3, 0.4) is 0 Å². The molecule has 0 aliphatic heterocycles. The van der Waals surface area contributed by atoms with E-state index in [2.05, 4.69) is 21.4 Å². The molecule has 0 amide bonds. The van der Waals surface area contributed by atoms with Gasteiger partial charge >= 0.3 is 0 Å². The van der Waals surface area contributed by atoms with Crippen molar-refractivity contribution in [3.63, 3.8) is 0 Å². The molecule has 3 nitrogen and oxygen atoms in total. The molecule has 19 heavy (non-hydrogen) atoms. The Balaban J connectivity index is 2.50. The number of nitrogens with two attached hydrogens (primary N) is 1. The van der Waals surface area contributed by atoms with E-state index in [9.17, 15) is 0 Å². The van der Waals surface area contributed by atoms with E-state index < -0.39 is 0 Å². The number of nitrogens with one attached hydrogen (secondary N) is 1. The Bertz CT molecular complexity index is 577. The summed E-state index contributed by atoms with van der Waals surface area (Å²) < 4.78 is 6.27. The van der Waals surface area contributed by atoms with Gasteiger partial charge in [0.25, 0.3) is 0 Å². The Hall–Kier alpha value is -1.07. The normalized spacial score (nSPS) is 12.2. The zero-order chi connectivity index (χ0) is 13.8. The van der Waals surface area contributed by atoms with Crippen molar-refractivity contribution in [1.82, 2.24) is 5.43 Å². The van der Waals surface area contributed by atoms with Crippen LogP contribution in [-0.2, 0) is 0 Å². The predicted molar refractivity (Wildman–Crippen MR) is 81.3 cm³/mol. The summed E-state index contributed by atoms with van der Waals surface area (Å²) in [5, 5.41) is 0.673. The van der Waals surface area contributed by atoms with Crippen molar-refractivity contribution in [3.05, 3.63) is 63.1 Å². The molecule has 0 aliphatic carbocycles. The van der Waals surface area contributed by atoms with Crippen molar-refractivity contribution >= 4 is 27.5 Å². The van der Waals surface area contributed by atoms with Crippen molar-refractivity contribution in [3.8, 4) is 5.75 Å². The first-order valence-electron chi connectivity index (χ1n) is 5.71. The molecule has 1 unspecified atom stereocenters. The van der Waals surface area contributed by atoms with Gasteiger partial charge in [0.05, 0.1) is 13.2 Å². The fraction of sp³-hybridized carbons (Fsp3) is 0.143. The van der Waals surface area contributed by atoms with Gasteiger partial charge in [-0.25, -0.2) is 5.43 Å². The minimum absolute atomic E-state index is 0.178. The molecule has 0 saturated heterocycles. The summed E-state index contributed by atoms with van der Waals surface area (Å²) in [6.07, 6.45) is 0. The van der Waals surface area contributed by atoms with Gasteiger partial charge in [0, 0.05) is 15.1 Å². The SMILES string of the molecule is COc1ccccc1C(NN)c1ccc(Cl)cc1Br. The van der Waals surface area contributed by atoms with Crippen LogP contribution in [0.1, 0.15) is 17.2 Å². The third kappa shape index (κ3) is 3.09. The number of hydrogen-bond donors (Lipinski definition) is 2. The summed E-state index contributed by atoms with van der Waals surface area (Å²) in [5.41, 5.74) is 4.78. The summed E-state index contributed by atoms with van der Waals surface area (Å²) in [6.45, 7) is 0. The van der Waals surface area contributed by atoms with Crippen LogP contribution in [0.2, 0.25) is 5.02 Å². The molecule has 1 atom stereocenters. The van der Waals surface area contributed by atoms with Crippen molar-refractivity contribution in [2.24, 2.45) is 5.84 Å². The van der Waals surface area contributed by atoms with Crippen LogP contribution >= 0.6 is 27.5 Å². The molecule has 0 bridgehead atoms. The van der Waals surface area contributed by atoms with Gasteiger partial charge in [0.15, 0.2) is 0 Å². The molecule has 0 aliphatic rings. The van der Waals surface area contributed by atoms with Crippen LogP contribution < -0.4 is 16.0 Å². The molecule has 0 spiro atoms. The number of hydrogen-bond acceptors (Lipinski definition) is 3. The van der Waals surface area contributed by atoms with Crippen LogP contribution in [0.4, 0.5) is 0 Å². The molecular weight excluding hydrogens is 328 g/mol. The molecule has 100 valence electrons. The largest absolute Gasteiger partial charge is 0.496 e. The summed E-state index contributed by atoms with van der Waals surface area (Å²) in [5.74, 6) is 6.49. The minimum atomic E-state index is -0.178. The molecule has 0 radical (unpaired) electrons. The fourth-order valence-electron chi connectivity index (χ4n) is 1.99. The molecule has 2 aromatic carbocycles. The molecule has 2 rings (SSSR count). The average Bonchev–Trinajstić information content (AvgIpc) is 2.42. The highest BCUT2D eigenvalue weighted by Crippen LogP contribution is 2.34. The third-order valence-electron chi connectivity index (χ3n) is 2.89. The lowest BCUT2D eigenvalue weighted by Crippen LogP contribution is -2.29. The lowest BCUT2D eigenvalue weighted by molar-refractivity contribution is 0.404. The van der Waals surface area contributed by atoms with E-state index in [1.807, 2.05) is 42.5 Å². The quantitative estimate of drug-likeness (QED) is 0.659. The first-order valence-corrected chi connectivity index (χ1v) is 6.88. The van der Waals surface area contributed by atoms with E-state index in [-0.39, 0.29) is 6.04 Å². The molecular formula is C14H14BrClN2O. The second kappa shape index (κ2) is 6.39.